The van der Waals surface area contributed by atoms with E-state index in [0.29, 0.717) is 27.4 Å². The molecule has 1 amide bonds. The first kappa shape index (κ1) is 14.0. The first-order valence-corrected chi connectivity index (χ1v) is 8.21. The Kier molecular flexibility index (Phi) is 3.34. The molecule has 0 atom stereocenters. The summed E-state index contributed by atoms with van der Waals surface area (Å²) in [5.74, 6) is -0.263. The number of carbonyl (C=O) groups excluding carboxylic acids is 1. The second-order valence-corrected chi connectivity index (χ2v) is 6.40. The van der Waals surface area contributed by atoms with Crippen LogP contribution in [-0.4, -0.2) is 21.9 Å². The number of hydrogen-bond donors (Lipinski definition) is 3. The van der Waals surface area contributed by atoms with Gasteiger partial charge in [-0.15, -0.1) is 11.3 Å². The first-order chi connectivity index (χ1) is 11.2. The average Bonchev–Trinajstić information content (AvgIpc) is 3.22. The molecule has 0 bridgehead atoms. The summed E-state index contributed by atoms with van der Waals surface area (Å²) in [5, 5.41) is 8.59. The lowest BCUT2D eigenvalue weighted by atomic mass is 10.2. The van der Waals surface area contributed by atoms with Gasteiger partial charge in [0.05, 0.1) is 33.2 Å². The zero-order valence-electron chi connectivity index (χ0n) is 12.1. The van der Waals surface area contributed by atoms with E-state index < -0.39 is 0 Å². The Balaban J connectivity index is 1.66. The fourth-order valence-electron chi connectivity index (χ4n) is 2.40. The maximum atomic E-state index is 12.6. The number of aromatic nitrogens is 2. The molecule has 1 fully saturated rings. The highest BCUT2D eigenvalue weighted by Gasteiger charge is 2.22. The number of hydrogen-bond acceptors (Lipinski definition) is 5. The van der Waals surface area contributed by atoms with Gasteiger partial charge in [0.15, 0.2) is 0 Å². The van der Waals surface area contributed by atoms with E-state index in [9.17, 15) is 9.59 Å². The minimum Gasteiger partial charge on any atom is -0.381 e. The van der Waals surface area contributed by atoms with E-state index >= 15 is 0 Å². The lowest BCUT2D eigenvalue weighted by Gasteiger charge is -2.12. The van der Waals surface area contributed by atoms with Crippen molar-refractivity contribution in [2.24, 2.45) is 0 Å². The molecule has 3 aromatic heterocycles. The van der Waals surface area contributed by atoms with E-state index in [1.165, 1.54) is 17.5 Å². The van der Waals surface area contributed by atoms with Crippen LogP contribution < -0.4 is 16.2 Å². The maximum Gasteiger partial charge on any atom is 0.258 e. The summed E-state index contributed by atoms with van der Waals surface area (Å²) in [6.07, 6.45) is 7.06. The van der Waals surface area contributed by atoms with Crippen LogP contribution in [-0.2, 0) is 0 Å². The van der Waals surface area contributed by atoms with Crippen LogP contribution in [0.25, 0.3) is 10.1 Å². The molecule has 0 saturated heterocycles. The summed E-state index contributed by atoms with van der Waals surface area (Å²) in [4.78, 5) is 31.1. The molecule has 1 aliphatic carbocycles. The summed E-state index contributed by atoms with van der Waals surface area (Å²) in [5.41, 5.74) is 1.77. The molecule has 0 unspecified atom stereocenters. The van der Waals surface area contributed by atoms with Crippen molar-refractivity contribution in [1.82, 2.24) is 9.97 Å². The number of anilines is 2. The van der Waals surface area contributed by atoms with Gasteiger partial charge in [-0.1, -0.05) is 0 Å². The molecular weight excluding hydrogens is 312 g/mol. The molecule has 23 heavy (non-hydrogen) atoms. The highest BCUT2D eigenvalue weighted by Crippen LogP contribution is 2.29. The minimum atomic E-state index is -0.263. The van der Waals surface area contributed by atoms with Gasteiger partial charge < -0.3 is 15.6 Å². The zero-order chi connectivity index (χ0) is 15.8. The van der Waals surface area contributed by atoms with Crippen molar-refractivity contribution in [2.75, 3.05) is 10.6 Å². The molecule has 1 saturated carbocycles. The Bertz CT molecular complexity index is 942. The summed E-state index contributed by atoms with van der Waals surface area (Å²) in [7, 11) is 0. The topological polar surface area (TPSA) is 86.9 Å². The average molecular weight is 326 g/mol. The van der Waals surface area contributed by atoms with Gasteiger partial charge in [-0.3, -0.25) is 14.6 Å². The van der Waals surface area contributed by atoms with E-state index in [1.54, 1.807) is 23.8 Å². The Hall–Kier alpha value is -2.67. The van der Waals surface area contributed by atoms with Crippen molar-refractivity contribution in [2.45, 2.75) is 18.9 Å². The molecule has 6 nitrogen and oxygen atoms in total. The van der Waals surface area contributed by atoms with E-state index in [2.05, 4.69) is 20.6 Å². The molecule has 3 N–H and O–H groups in total. The van der Waals surface area contributed by atoms with Crippen LogP contribution in [0, 0.1) is 0 Å². The smallest absolute Gasteiger partial charge is 0.258 e. The van der Waals surface area contributed by atoms with Gasteiger partial charge in [-0.2, -0.15) is 0 Å². The quantitative estimate of drug-likeness (QED) is 0.688. The molecule has 1 aliphatic rings. The molecule has 0 aliphatic heterocycles. The molecular formula is C16H14N4O2S. The van der Waals surface area contributed by atoms with Crippen LogP contribution in [0.3, 0.4) is 0 Å². The Morgan fingerprint density at radius 1 is 1.30 bits per heavy atom. The molecule has 0 spiro atoms. The second-order valence-electron chi connectivity index (χ2n) is 5.49. The number of thiophene rings is 1. The number of pyridine rings is 2. The third-order valence-corrected chi connectivity index (χ3v) is 4.70. The third kappa shape index (κ3) is 2.70. The monoisotopic (exact) mass is 326 g/mol. The number of nitrogens with zero attached hydrogens (tertiary/aromatic N) is 1. The third-order valence-electron chi connectivity index (χ3n) is 3.75. The van der Waals surface area contributed by atoms with E-state index in [4.69, 9.17) is 0 Å². The second kappa shape index (κ2) is 5.51. The predicted molar refractivity (Wildman–Crippen MR) is 91.3 cm³/mol. The van der Waals surface area contributed by atoms with Gasteiger partial charge in [0.2, 0.25) is 0 Å². The molecule has 3 heterocycles. The fourth-order valence-corrected chi connectivity index (χ4v) is 3.31. The lowest BCUT2D eigenvalue weighted by molar-refractivity contribution is 0.102. The predicted octanol–water partition coefficient (Wildman–Crippen LogP) is 2.81. The van der Waals surface area contributed by atoms with Crippen LogP contribution >= 0.6 is 11.3 Å². The molecule has 7 heteroatoms. The van der Waals surface area contributed by atoms with Gasteiger partial charge in [0, 0.05) is 18.4 Å². The standard InChI is InChI=1S/C16H14N4O2S/c21-15-10-4-6-23-14(10)11(7-18-15)16(22)20-13-8-17-5-3-12(13)19-9-1-2-9/h3-9H,1-2H2,(H,17,19)(H,18,21)(H,20,22). The SMILES string of the molecule is O=C(Nc1cnccc1NC1CC1)c1c[nH]c(=O)c2ccsc12. The summed E-state index contributed by atoms with van der Waals surface area (Å²) >= 11 is 1.38. The minimum absolute atomic E-state index is 0.185. The van der Waals surface area contributed by atoms with Crippen molar-refractivity contribution in [3.63, 3.8) is 0 Å². The van der Waals surface area contributed by atoms with E-state index in [-0.39, 0.29) is 11.5 Å². The molecule has 4 rings (SSSR count). The first-order valence-electron chi connectivity index (χ1n) is 7.33. The van der Waals surface area contributed by atoms with Crippen LogP contribution in [0.2, 0.25) is 0 Å². The largest absolute Gasteiger partial charge is 0.381 e. The number of nitrogens with one attached hydrogen (secondary N) is 3. The van der Waals surface area contributed by atoms with Gasteiger partial charge in [-0.25, -0.2) is 0 Å². The number of H-pyrrole nitrogens is 1. The highest BCUT2D eigenvalue weighted by atomic mass is 32.1. The van der Waals surface area contributed by atoms with Gasteiger partial charge in [0.25, 0.3) is 11.5 Å². The van der Waals surface area contributed by atoms with Crippen molar-refractivity contribution in [1.29, 1.82) is 0 Å². The molecule has 0 aromatic carbocycles. The van der Waals surface area contributed by atoms with E-state index in [1.807, 2.05) is 6.07 Å². The molecule has 116 valence electrons. The molecule has 0 radical (unpaired) electrons. The Morgan fingerprint density at radius 3 is 3.00 bits per heavy atom. The van der Waals surface area contributed by atoms with E-state index in [0.717, 1.165) is 18.5 Å². The van der Waals surface area contributed by atoms with Gasteiger partial charge >= 0.3 is 0 Å². The number of aromatic amines is 1. The van der Waals surface area contributed by atoms with Crippen molar-refractivity contribution in [3.8, 4) is 0 Å². The number of amides is 1. The fraction of sp³-hybridized carbons (Fsp3) is 0.188. The highest BCUT2D eigenvalue weighted by molar-refractivity contribution is 7.17. The Labute approximate surface area is 135 Å². The van der Waals surface area contributed by atoms with Crippen LogP contribution in [0.5, 0.6) is 0 Å². The maximum absolute atomic E-state index is 12.6. The van der Waals surface area contributed by atoms with Crippen molar-refractivity contribution in [3.05, 3.63) is 52.0 Å². The number of rotatable bonds is 4. The van der Waals surface area contributed by atoms with Crippen LogP contribution in [0.4, 0.5) is 11.4 Å². The van der Waals surface area contributed by atoms with Crippen LogP contribution in [0.1, 0.15) is 23.2 Å². The summed E-state index contributed by atoms with van der Waals surface area (Å²) in [6.45, 7) is 0. The van der Waals surface area contributed by atoms with Crippen LogP contribution in [0.15, 0.2) is 40.9 Å². The molecule has 3 aromatic rings. The summed E-state index contributed by atoms with van der Waals surface area (Å²) < 4.78 is 0.687. The zero-order valence-corrected chi connectivity index (χ0v) is 12.9. The van der Waals surface area contributed by atoms with Crippen molar-refractivity contribution < 1.29 is 4.79 Å². The lowest BCUT2D eigenvalue weighted by Crippen LogP contribution is -2.17. The number of carbonyl (C=O) groups is 1. The Morgan fingerprint density at radius 2 is 2.17 bits per heavy atom. The summed E-state index contributed by atoms with van der Waals surface area (Å²) in [6, 6.07) is 4.05. The normalized spacial score (nSPS) is 13.9. The number of fused-ring (bicyclic) bond motifs is 1. The van der Waals surface area contributed by atoms with Gasteiger partial charge in [0.1, 0.15) is 0 Å². The van der Waals surface area contributed by atoms with Crippen molar-refractivity contribution >= 4 is 38.7 Å². The van der Waals surface area contributed by atoms with Gasteiger partial charge in [-0.05, 0) is 30.4 Å².